The minimum atomic E-state index is -0.452. The molecule has 0 aliphatic carbocycles. The molecular formula is C21H22BrN5O4. The first-order valence-electron chi connectivity index (χ1n) is 10.0. The quantitative estimate of drug-likeness (QED) is 0.578. The molecule has 9 nitrogen and oxygen atoms in total. The second kappa shape index (κ2) is 7.84. The van der Waals surface area contributed by atoms with Gasteiger partial charge in [-0.05, 0) is 35.0 Å². The fourth-order valence-corrected chi connectivity index (χ4v) is 4.39. The van der Waals surface area contributed by atoms with Crippen molar-refractivity contribution >= 4 is 38.9 Å². The number of methoxy groups -OCH3 is 1. The first-order valence-corrected chi connectivity index (χ1v) is 10.8. The lowest BCUT2D eigenvalue weighted by molar-refractivity contribution is 0.297. The third kappa shape index (κ3) is 3.40. The van der Waals surface area contributed by atoms with Gasteiger partial charge in [-0.1, -0.05) is 0 Å². The fraction of sp³-hybridized carbons (Fsp3) is 0.333. The van der Waals surface area contributed by atoms with Gasteiger partial charge in [0.2, 0.25) is 5.95 Å². The number of hydrogen-bond donors (Lipinski definition) is 2. The van der Waals surface area contributed by atoms with E-state index >= 15 is 0 Å². The lowest BCUT2D eigenvalue weighted by Gasteiger charge is -2.25. The molecule has 2 aromatic carbocycles. The van der Waals surface area contributed by atoms with Gasteiger partial charge in [-0.25, -0.2) is 9.98 Å². The van der Waals surface area contributed by atoms with Crippen LogP contribution in [0.25, 0.3) is 11.0 Å². The van der Waals surface area contributed by atoms with Crippen molar-refractivity contribution in [3.63, 3.8) is 0 Å². The van der Waals surface area contributed by atoms with Gasteiger partial charge in [0.1, 0.15) is 0 Å². The number of guanidine groups is 1. The zero-order chi connectivity index (χ0) is 21.5. The first kappa shape index (κ1) is 19.8. The number of nitrogens with two attached hydrogens (primary N) is 1. The molecule has 1 unspecified atom stereocenters. The van der Waals surface area contributed by atoms with E-state index in [0.717, 1.165) is 27.5 Å². The fourth-order valence-electron chi connectivity index (χ4n) is 3.82. The number of halogens is 1. The molecule has 0 saturated heterocycles. The van der Waals surface area contributed by atoms with Crippen LogP contribution in [0.15, 0.2) is 33.7 Å². The molecule has 31 heavy (non-hydrogen) atoms. The van der Waals surface area contributed by atoms with E-state index in [0.29, 0.717) is 48.8 Å². The van der Waals surface area contributed by atoms with Crippen molar-refractivity contribution in [3.05, 3.63) is 34.3 Å². The molecule has 1 atom stereocenters. The van der Waals surface area contributed by atoms with E-state index in [9.17, 15) is 0 Å². The van der Waals surface area contributed by atoms with Crippen LogP contribution >= 0.6 is 15.9 Å². The Morgan fingerprint density at radius 1 is 1.23 bits per heavy atom. The Kier molecular flexibility index (Phi) is 5.01. The van der Waals surface area contributed by atoms with Gasteiger partial charge >= 0.3 is 0 Å². The van der Waals surface area contributed by atoms with Gasteiger partial charge in [0.25, 0.3) is 0 Å². The average molecular weight is 488 g/mol. The molecule has 0 spiro atoms. The maximum absolute atomic E-state index is 6.10. The highest BCUT2D eigenvalue weighted by Crippen LogP contribution is 2.42. The number of fused-ring (bicyclic) bond motifs is 4. The second-order valence-corrected chi connectivity index (χ2v) is 7.98. The zero-order valence-corrected chi connectivity index (χ0v) is 18.7. The molecule has 0 bridgehead atoms. The van der Waals surface area contributed by atoms with Gasteiger partial charge < -0.3 is 24.7 Å². The summed E-state index contributed by atoms with van der Waals surface area (Å²) in [5.74, 6) is 3.51. The molecule has 10 heteroatoms. The van der Waals surface area contributed by atoms with Crippen molar-refractivity contribution in [2.45, 2.75) is 19.5 Å². The molecular weight excluding hydrogens is 466 g/mol. The summed E-state index contributed by atoms with van der Waals surface area (Å²) in [6.45, 7) is 3.67. The Balaban J connectivity index is 1.68. The van der Waals surface area contributed by atoms with E-state index in [2.05, 4.69) is 26.2 Å². The summed E-state index contributed by atoms with van der Waals surface area (Å²) in [5, 5.41) is 3.06. The molecule has 3 heterocycles. The van der Waals surface area contributed by atoms with Crippen LogP contribution < -0.4 is 30.0 Å². The molecule has 5 rings (SSSR count). The number of anilines is 1. The summed E-state index contributed by atoms with van der Waals surface area (Å²) in [7, 11) is 1.61. The Labute approximate surface area is 187 Å². The van der Waals surface area contributed by atoms with Gasteiger partial charge in [0, 0.05) is 24.1 Å². The maximum atomic E-state index is 6.10. The number of nitrogens with zero attached hydrogens (tertiary/aromatic N) is 3. The molecule has 2 aliphatic heterocycles. The molecule has 0 radical (unpaired) electrons. The van der Waals surface area contributed by atoms with Gasteiger partial charge in [-0.3, -0.25) is 9.88 Å². The highest BCUT2D eigenvalue weighted by atomic mass is 79.9. The number of rotatable bonds is 4. The monoisotopic (exact) mass is 487 g/mol. The maximum Gasteiger partial charge on any atom is 0.212 e. The summed E-state index contributed by atoms with van der Waals surface area (Å²) in [5.41, 5.74) is 8.58. The smallest absolute Gasteiger partial charge is 0.212 e. The van der Waals surface area contributed by atoms with Crippen LogP contribution in [0.2, 0.25) is 0 Å². The summed E-state index contributed by atoms with van der Waals surface area (Å²) in [6, 6.07) is 7.70. The number of ether oxygens (including phenoxy) is 4. The number of nitrogens with one attached hydrogen (secondary N) is 1. The number of aromatic nitrogens is 2. The topological polar surface area (TPSA) is 105 Å². The van der Waals surface area contributed by atoms with Gasteiger partial charge in [0.15, 0.2) is 35.1 Å². The van der Waals surface area contributed by atoms with Crippen molar-refractivity contribution in [3.8, 4) is 23.0 Å². The van der Waals surface area contributed by atoms with Crippen LogP contribution in [-0.2, 0) is 0 Å². The molecule has 0 fully saturated rings. The van der Waals surface area contributed by atoms with Crippen molar-refractivity contribution < 1.29 is 18.9 Å². The molecule has 3 N–H and O–H groups in total. The van der Waals surface area contributed by atoms with Crippen LogP contribution in [-0.4, -0.2) is 42.4 Å². The Morgan fingerprint density at radius 3 is 2.74 bits per heavy atom. The van der Waals surface area contributed by atoms with Crippen molar-refractivity contribution in [1.29, 1.82) is 0 Å². The van der Waals surface area contributed by atoms with Crippen LogP contribution in [0.1, 0.15) is 25.1 Å². The van der Waals surface area contributed by atoms with E-state index in [1.54, 1.807) is 7.11 Å². The highest BCUT2D eigenvalue weighted by Gasteiger charge is 2.28. The zero-order valence-electron chi connectivity index (χ0n) is 17.1. The summed E-state index contributed by atoms with van der Waals surface area (Å²) >= 11 is 3.60. The van der Waals surface area contributed by atoms with Gasteiger partial charge in [0.05, 0.1) is 42.4 Å². The standard InChI is InChI=1S/C21H22BrN5O4/c1-3-29-18-12(22)7-11(8-17(18)28-2)19-25-20(23)26-21-24-13-9-15-16(10-14(13)27(19)21)31-6-4-5-30-15/h7-10,19H,3-6H2,1-2H3,(H3,23,24,25,26). The third-order valence-corrected chi connectivity index (χ3v) is 5.73. The molecule has 0 saturated carbocycles. The van der Waals surface area contributed by atoms with E-state index < -0.39 is 6.17 Å². The van der Waals surface area contributed by atoms with E-state index in [1.165, 1.54) is 0 Å². The molecule has 0 amide bonds. The van der Waals surface area contributed by atoms with Crippen molar-refractivity contribution in [2.24, 2.45) is 10.7 Å². The van der Waals surface area contributed by atoms with Crippen LogP contribution in [0.5, 0.6) is 23.0 Å². The summed E-state index contributed by atoms with van der Waals surface area (Å²) in [4.78, 5) is 9.37. The van der Waals surface area contributed by atoms with Crippen LogP contribution in [0.4, 0.5) is 5.95 Å². The SMILES string of the molecule is CCOc1c(Br)cc(C2N=C(N)Nc3nc4cc5c(cc4n32)OCCCO5)cc1OC. The third-order valence-electron chi connectivity index (χ3n) is 5.14. The van der Waals surface area contributed by atoms with E-state index in [1.807, 2.05) is 35.8 Å². The van der Waals surface area contributed by atoms with Gasteiger partial charge in [-0.15, -0.1) is 0 Å². The summed E-state index contributed by atoms with van der Waals surface area (Å²) < 4.78 is 25.8. The van der Waals surface area contributed by atoms with Crippen LogP contribution in [0.3, 0.4) is 0 Å². The van der Waals surface area contributed by atoms with Crippen molar-refractivity contribution in [1.82, 2.24) is 9.55 Å². The van der Waals surface area contributed by atoms with Gasteiger partial charge in [-0.2, -0.15) is 0 Å². The normalized spacial score (nSPS) is 17.4. The second-order valence-electron chi connectivity index (χ2n) is 7.12. The Bertz CT molecular complexity index is 1190. The number of imidazole rings is 1. The number of benzene rings is 2. The first-order chi connectivity index (χ1) is 15.1. The molecule has 2 aliphatic rings. The molecule has 162 valence electrons. The van der Waals surface area contributed by atoms with E-state index in [4.69, 9.17) is 29.7 Å². The van der Waals surface area contributed by atoms with E-state index in [-0.39, 0.29) is 5.96 Å². The number of aliphatic imine (C=N–C) groups is 1. The predicted octanol–water partition coefficient (Wildman–Crippen LogP) is 3.65. The highest BCUT2D eigenvalue weighted by molar-refractivity contribution is 9.10. The lowest BCUT2D eigenvalue weighted by Crippen LogP contribution is -2.31. The minimum absolute atomic E-state index is 0.283. The largest absolute Gasteiger partial charge is 0.493 e. The summed E-state index contributed by atoms with van der Waals surface area (Å²) in [6.07, 6.45) is 0.384. The Morgan fingerprint density at radius 2 is 2.00 bits per heavy atom. The lowest BCUT2D eigenvalue weighted by atomic mass is 10.1. The predicted molar refractivity (Wildman–Crippen MR) is 121 cm³/mol. The average Bonchev–Trinajstić information content (AvgIpc) is 2.94. The van der Waals surface area contributed by atoms with Crippen LogP contribution in [0, 0.1) is 0 Å². The molecule has 1 aromatic heterocycles. The Hall–Kier alpha value is -3.14. The number of hydrogen-bond acceptors (Lipinski definition) is 8. The molecule has 3 aromatic rings. The minimum Gasteiger partial charge on any atom is -0.493 e. The van der Waals surface area contributed by atoms with Crippen molar-refractivity contribution in [2.75, 3.05) is 32.2 Å².